The number of fused-ring (bicyclic) bond motifs is 1. The molecule has 0 aliphatic carbocycles. The van der Waals surface area contributed by atoms with Gasteiger partial charge in [-0.15, -0.1) is 0 Å². The molecule has 0 spiro atoms. The van der Waals surface area contributed by atoms with E-state index in [1.807, 2.05) is 0 Å². The lowest BCUT2D eigenvalue weighted by Crippen LogP contribution is -2.09. The average Bonchev–Trinajstić information content (AvgIpc) is 2.95. The first kappa shape index (κ1) is 20.5. The Labute approximate surface area is 169 Å². The first-order chi connectivity index (χ1) is 13.5. The summed E-state index contributed by atoms with van der Waals surface area (Å²) in [5, 5.41) is 1.30. The Morgan fingerprint density at radius 3 is 2.39 bits per heavy atom. The van der Waals surface area contributed by atoms with Gasteiger partial charge in [0.05, 0.1) is 12.7 Å². The molecule has 1 aromatic heterocycles. The number of aromatic nitrogens is 1. The molecule has 0 saturated heterocycles. The Morgan fingerprint density at radius 1 is 1.00 bits per heavy atom. The summed E-state index contributed by atoms with van der Waals surface area (Å²) in [4.78, 5) is 2.14. The van der Waals surface area contributed by atoms with Crippen molar-refractivity contribution in [2.24, 2.45) is 7.05 Å². The lowest BCUT2D eigenvalue weighted by Gasteiger charge is -2.20. The summed E-state index contributed by atoms with van der Waals surface area (Å²) < 4.78 is 8.81. The fraction of sp³-hybridized carbons (Fsp3) is 0.440. The molecule has 150 valence electrons. The highest BCUT2D eigenvalue weighted by molar-refractivity contribution is 5.85. The number of ether oxygens (including phenoxy) is 1. The van der Waals surface area contributed by atoms with Crippen LogP contribution in [0.3, 0.4) is 0 Å². The van der Waals surface area contributed by atoms with Crippen LogP contribution in [-0.4, -0.2) is 18.7 Å². The van der Waals surface area contributed by atoms with E-state index >= 15 is 0 Å². The largest absolute Gasteiger partial charge is 0.378 e. The van der Waals surface area contributed by atoms with Gasteiger partial charge in [-0.2, -0.15) is 0 Å². The highest BCUT2D eigenvalue weighted by Gasteiger charge is 2.16. The number of anilines is 1. The van der Waals surface area contributed by atoms with Gasteiger partial charge in [0.25, 0.3) is 0 Å². The van der Waals surface area contributed by atoms with Crippen molar-refractivity contribution in [3.63, 3.8) is 0 Å². The Balaban J connectivity index is 1.81. The molecule has 3 heteroatoms. The summed E-state index contributed by atoms with van der Waals surface area (Å²) in [5.41, 5.74) is 6.37. The summed E-state index contributed by atoms with van der Waals surface area (Å²) in [6, 6.07) is 17.4. The lowest BCUT2D eigenvalue weighted by molar-refractivity contribution is 0.0325. The predicted molar refractivity (Wildman–Crippen MR) is 120 cm³/mol. The van der Waals surface area contributed by atoms with Crippen LogP contribution in [0, 0.1) is 6.92 Å². The molecule has 0 radical (unpaired) electrons. The topological polar surface area (TPSA) is 17.4 Å². The molecule has 1 heterocycles. The number of aryl methyl sites for hydroxylation is 1. The standard InChI is InChI=1S/C25H34N2O/c1-6-7-8-13-25(20-14-16-21(17-15-20)26(3)4)28-18-23-19(2)27(5)24-12-10-9-11-22(23)24/h9-12,14-17,25H,6-8,13,18H2,1-5H3. The van der Waals surface area contributed by atoms with Crippen LogP contribution < -0.4 is 4.90 Å². The Bertz CT molecular complexity index is 893. The summed E-state index contributed by atoms with van der Waals surface area (Å²) in [7, 11) is 6.29. The molecular formula is C25H34N2O. The minimum atomic E-state index is 0.140. The molecule has 0 N–H and O–H groups in total. The van der Waals surface area contributed by atoms with Crippen molar-refractivity contribution in [2.75, 3.05) is 19.0 Å². The maximum Gasteiger partial charge on any atom is 0.0829 e. The molecule has 1 atom stereocenters. The first-order valence-corrected chi connectivity index (χ1v) is 10.4. The fourth-order valence-corrected chi connectivity index (χ4v) is 3.88. The van der Waals surface area contributed by atoms with Crippen LogP contribution in [-0.2, 0) is 18.4 Å². The van der Waals surface area contributed by atoms with Crippen LogP contribution in [0.25, 0.3) is 10.9 Å². The predicted octanol–water partition coefficient (Wildman–Crippen LogP) is 6.39. The van der Waals surface area contributed by atoms with Gasteiger partial charge in [-0.25, -0.2) is 0 Å². The molecule has 0 saturated carbocycles. The number of hydrogen-bond donors (Lipinski definition) is 0. The quantitative estimate of drug-likeness (QED) is 0.401. The minimum absolute atomic E-state index is 0.140. The first-order valence-electron chi connectivity index (χ1n) is 10.4. The van der Waals surface area contributed by atoms with Gasteiger partial charge >= 0.3 is 0 Å². The third-order valence-electron chi connectivity index (χ3n) is 5.81. The molecule has 0 amide bonds. The van der Waals surface area contributed by atoms with Crippen LogP contribution in [0.15, 0.2) is 48.5 Å². The molecule has 2 aromatic carbocycles. The Hall–Kier alpha value is -2.26. The van der Waals surface area contributed by atoms with Crippen LogP contribution in [0.1, 0.15) is 55.5 Å². The van der Waals surface area contributed by atoms with Gasteiger partial charge in [0, 0.05) is 49.0 Å². The summed E-state index contributed by atoms with van der Waals surface area (Å²) in [6.07, 6.45) is 4.89. The van der Waals surface area contributed by atoms with E-state index < -0.39 is 0 Å². The van der Waals surface area contributed by atoms with Crippen molar-refractivity contribution < 1.29 is 4.74 Å². The Morgan fingerprint density at radius 2 is 1.71 bits per heavy atom. The van der Waals surface area contributed by atoms with Gasteiger partial charge in [-0.1, -0.05) is 56.5 Å². The molecule has 28 heavy (non-hydrogen) atoms. The summed E-state index contributed by atoms with van der Waals surface area (Å²) in [5.74, 6) is 0. The molecule has 1 unspecified atom stereocenters. The second kappa shape index (κ2) is 9.29. The zero-order valence-corrected chi connectivity index (χ0v) is 18.0. The normalized spacial score (nSPS) is 12.5. The second-order valence-corrected chi connectivity index (χ2v) is 7.92. The number of hydrogen-bond acceptors (Lipinski definition) is 2. The third kappa shape index (κ3) is 4.41. The molecule has 0 bridgehead atoms. The molecule has 3 nitrogen and oxygen atoms in total. The van der Waals surface area contributed by atoms with Crippen LogP contribution >= 0.6 is 0 Å². The zero-order chi connectivity index (χ0) is 20.1. The van der Waals surface area contributed by atoms with Crippen molar-refractivity contribution in [1.82, 2.24) is 4.57 Å². The van der Waals surface area contributed by atoms with Crippen LogP contribution in [0.2, 0.25) is 0 Å². The van der Waals surface area contributed by atoms with Crippen molar-refractivity contribution in [1.29, 1.82) is 0 Å². The van der Waals surface area contributed by atoms with Crippen molar-refractivity contribution in [2.45, 2.75) is 52.2 Å². The van der Waals surface area contributed by atoms with Gasteiger partial charge in [0.2, 0.25) is 0 Å². The van der Waals surface area contributed by atoms with Crippen LogP contribution in [0.4, 0.5) is 5.69 Å². The van der Waals surface area contributed by atoms with E-state index in [4.69, 9.17) is 4.74 Å². The maximum atomic E-state index is 6.54. The van der Waals surface area contributed by atoms with E-state index in [1.165, 1.54) is 52.7 Å². The lowest BCUT2D eigenvalue weighted by atomic mass is 10.0. The molecule has 0 fully saturated rings. The van der Waals surface area contributed by atoms with E-state index in [1.54, 1.807) is 0 Å². The number of rotatable bonds is 9. The van der Waals surface area contributed by atoms with E-state index in [-0.39, 0.29) is 6.10 Å². The van der Waals surface area contributed by atoms with Gasteiger partial charge in [0.1, 0.15) is 0 Å². The monoisotopic (exact) mass is 378 g/mol. The number of unbranched alkanes of at least 4 members (excludes halogenated alkanes) is 2. The van der Waals surface area contributed by atoms with Gasteiger partial charge in [-0.3, -0.25) is 0 Å². The SMILES string of the molecule is CCCCCC(OCc1c(C)n(C)c2ccccc12)c1ccc(N(C)C)cc1. The van der Waals surface area contributed by atoms with E-state index in [0.29, 0.717) is 6.61 Å². The van der Waals surface area contributed by atoms with Crippen molar-refractivity contribution >= 4 is 16.6 Å². The molecule has 0 aliphatic rings. The van der Waals surface area contributed by atoms with E-state index in [0.717, 1.165) is 6.42 Å². The molecule has 3 aromatic rings. The molecule has 3 rings (SSSR count). The van der Waals surface area contributed by atoms with Gasteiger partial charge in [-0.05, 0) is 37.1 Å². The van der Waals surface area contributed by atoms with E-state index in [2.05, 4.69) is 93.0 Å². The van der Waals surface area contributed by atoms with Crippen molar-refractivity contribution in [3.8, 4) is 0 Å². The fourth-order valence-electron chi connectivity index (χ4n) is 3.88. The molecular weight excluding hydrogens is 344 g/mol. The van der Waals surface area contributed by atoms with E-state index in [9.17, 15) is 0 Å². The maximum absolute atomic E-state index is 6.54. The zero-order valence-electron chi connectivity index (χ0n) is 18.0. The van der Waals surface area contributed by atoms with Crippen molar-refractivity contribution in [3.05, 3.63) is 65.4 Å². The highest BCUT2D eigenvalue weighted by Crippen LogP contribution is 2.30. The highest BCUT2D eigenvalue weighted by atomic mass is 16.5. The number of para-hydroxylation sites is 1. The third-order valence-corrected chi connectivity index (χ3v) is 5.81. The number of nitrogens with zero attached hydrogens (tertiary/aromatic N) is 2. The summed E-state index contributed by atoms with van der Waals surface area (Å²) in [6.45, 7) is 5.09. The average molecular weight is 379 g/mol. The molecule has 0 aliphatic heterocycles. The minimum Gasteiger partial charge on any atom is -0.378 e. The van der Waals surface area contributed by atoms with Gasteiger partial charge < -0.3 is 14.2 Å². The van der Waals surface area contributed by atoms with Crippen LogP contribution in [0.5, 0.6) is 0 Å². The number of benzene rings is 2. The Kier molecular flexibility index (Phi) is 6.79. The smallest absolute Gasteiger partial charge is 0.0829 e. The second-order valence-electron chi connectivity index (χ2n) is 7.92. The van der Waals surface area contributed by atoms with Gasteiger partial charge in [0.15, 0.2) is 0 Å². The summed E-state index contributed by atoms with van der Waals surface area (Å²) >= 11 is 0.